The molecule has 0 unspecified atom stereocenters. The summed E-state index contributed by atoms with van der Waals surface area (Å²) >= 11 is 6.06. The van der Waals surface area contributed by atoms with Crippen LogP contribution in [0.15, 0.2) is 83.9 Å². The summed E-state index contributed by atoms with van der Waals surface area (Å²) in [6.07, 6.45) is 3.14. The van der Waals surface area contributed by atoms with Crippen molar-refractivity contribution in [1.82, 2.24) is 15.0 Å². The fraction of sp³-hybridized carbons (Fsp3) is 0.303. The average Bonchev–Trinajstić information content (AvgIpc) is 3.59. The van der Waals surface area contributed by atoms with Crippen molar-refractivity contribution in [2.45, 2.75) is 62.0 Å². The third kappa shape index (κ3) is 4.20. The molecule has 2 saturated carbocycles. The first-order chi connectivity index (χ1) is 20.4. The Morgan fingerprint density at radius 2 is 1.81 bits per heavy atom. The molecule has 2 fully saturated rings. The lowest BCUT2D eigenvalue weighted by Gasteiger charge is -2.41. The summed E-state index contributed by atoms with van der Waals surface area (Å²) < 4.78 is 34.0. The van der Waals surface area contributed by atoms with Gasteiger partial charge in [0.2, 0.25) is 0 Å². The van der Waals surface area contributed by atoms with E-state index in [0.29, 0.717) is 35.7 Å². The van der Waals surface area contributed by atoms with E-state index in [1.807, 2.05) is 38.2 Å². The first-order valence-corrected chi connectivity index (χ1v) is 16.0. The fourth-order valence-corrected chi connectivity index (χ4v) is 8.69. The Morgan fingerprint density at radius 1 is 1.09 bits per heavy atom. The molecule has 1 spiro atoms. The number of hydrogen-bond donors (Lipinski definition) is 1. The lowest BCUT2D eigenvalue weighted by atomic mass is 9.62. The molecule has 3 aliphatic carbocycles. The van der Waals surface area contributed by atoms with Crippen LogP contribution < -0.4 is 4.18 Å². The number of rotatable bonds is 6. The number of aliphatic hydroxyl groups is 1. The summed E-state index contributed by atoms with van der Waals surface area (Å²) in [4.78, 5) is 14.2. The molecule has 1 heterocycles. The van der Waals surface area contributed by atoms with Crippen molar-refractivity contribution in [3.63, 3.8) is 0 Å². The van der Waals surface area contributed by atoms with Crippen LogP contribution in [0.2, 0.25) is 5.02 Å². The second-order valence-corrected chi connectivity index (χ2v) is 14.1. The van der Waals surface area contributed by atoms with Gasteiger partial charge in [0, 0.05) is 22.1 Å². The van der Waals surface area contributed by atoms with E-state index in [9.17, 15) is 18.3 Å². The van der Waals surface area contributed by atoms with E-state index < -0.39 is 27.1 Å². The molecular weight excluding hydrogens is 586 g/mol. The second-order valence-electron chi connectivity index (χ2n) is 12.1. The molecule has 0 aliphatic heterocycles. The third-order valence-electron chi connectivity index (χ3n) is 9.71. The van der Waals surface area contributed by atoms with Crippen LogP contribution >= 0.6 is 11.6 Å². The number of carbonyl (C=O) groups excluding carboxylic acids is 1. The maximum Gasteiger partial charge on any atom is 0.339 e. The van der Waals surface area contributed by atoms with Gasteiger partial charge in [0.25, 0.3) is 0 Å². The normalized spacial score (nSPS) is 26.0. The minimum atomic E-state index is -4.10. The van der Waals surface area contributed by atoms with Gasteiger partial charge >= 0.3 is 10.1 Å². The molecular formula is C33H30ClN3O5S. The number of hydrogen-bond acceptors (Lipinski definition) is 7. The Hall–Kier alpha value is -3.79. The predicted molar refractivity (Wildman–Crippen MR) is 162 cm³/mol. The highest BCUT2D eigenvalue weighted by Gasteiger charge is 2.69. The molecule has 10 heteroatoms. The molecule has 3 aromatic carbocycles. The lowest BCUT2D eigenvalue weighted by Crippen LogP contribution is -2.41. The standard InChI is InChI=1S/C33H30ClN3O5S/c1-19-4-10-24(11-5-19)43(40,41)42-29-13-12-25-26-14-15-32(39)18-33(26,31(38)21(32)3)27(30(25)20(29)2)16-37-17-28(35-36-37)22-6-8-23(34)9-7-22/h4-13,17,26-27,39H,3,14-16,18H2,1-2H3/t26-,27-,32-,33+/m0/s1. The van der Waals surface area contributed by atoms with E-state index in [-0.39, 0.29) is 34.3 Å². The van der Waals surface area contributed by atoms with E-state index in [2.05, 4.69) is 16.9 Å². The number of halogens is 1. The van der Waals surface area contributed by atoms with Crippen LogP contribution in [0.3, 0.4) is 0 Å². The Kier molecular flexibility index (Phi) is 6.26. The molecule has 8 nitrogen and oxygen atoms in total. The Morgan fingerprint density at radius 3 is 2.53 bits per heavy atom. The van der Waals surface area contributed by atoms with Crippen molar-refractivity contribution >= 4 is 27.5 Å². The quantitative estimate of drug-likeness (QED) is 0.212. The summed E-state index contributed by atoms with van der Waals surface area (Å²) in [5.41, 5.74) is 2.99. The largest absolute Gasteiger partial charge is 0.385 e. The van der Waals surface area contributed by atoms with Crippen molar-refractivity contribution in [2.24, 2.45) is 5.41 Å². The second kappa shape index (κ2) is 9.61. The maximum absolute atomic E-state index is 14.1. The first-order valence-electron chi connectivity index (χ1n) is 14.2. The Balaban J connectivity index is 1.32. The minimum absolute atomic E-state index is 0.0616. The van der Waals surface area contributed by atoms with Crippen molar-refractivity contribution in [2.75, 3.05) is 0 Å². The maximum atomic E-state index is 14.1. The number of Topliss-reactive ketones (excluding diaryl/α,β-unsaturated/α-hetero) is 1. The molecule has 43 heavy (non-hydrogen) atoms. The summed E-state index contributed by atoms with van der Waals surface area (Å²) in [7, 11) is -4.10. The monoisotopic (exact) mass is 615 g/mol. The van der Waals surface area contributed by atoms with Gasteiger partial charge in [0.15, 0.2) is 5.78 Å². The van der Waals surface area contributed by atoms with Crippen molar-refractivity contribution < 1.29 is 22.5 Å². The van der Waals surface area contributed by atoms with Crippen molar-refractivity contribution in [1.29, 1.82) is 0 Å². The number of ketones is 1. The van der Waals surface area contributed by atoms with E-state index >= 15 is 0 Å². The number of nitrogens with zero attached hydrogens (tertiary/aromatic N) is 3. The Bertz CT molecular complexity index is 1920. The van der Waals surface area contributed by atoms with Gasteiger partial charge in [0.05, 0.1) is 23.8 Å². The summed E-state index contributed by atoms with van der Waals surface area (Å²) in [5.74, 6) is -0.498. The first kappa shape index (κ1) is 28.0. The van der Waals surface area contributed by atoms with Gasteiger partial charge in [-0.1, -0.05) is 59.3 Å². The zero-order chi connectivity index (χ0) is 30.3. The zero-order valence-corrected chi connectivity index (χ0v) is 25.3. The van der Waals surface area contributed by atoms with Gasteiger partial charge in [-0.05, 0) is 86.1 Å². The molecule has 1 N–H and O–H groups in total. The van der Waals surface area contributed by atoms with Gasteiger partial charge in [-0.15, -0.1) is 5.10 Å². The van der Waals surface area contributed by atoms with E-state index in [1.54, 1.807) is 35.0 Å². The van der Waals surface area contributed by atoms with Crippen LogP contribution in [-0.2, 0) is 21.5 Å². The third-order valence-corrected chi connectivity index (χ3v) is 11.2. The van der Waals surface area contributed by atoms with Crippen LogP contribution in [0.5, 0.6) is 5.75 Å². The molecule has 3 aliphatic rings. The molecule has 0 amide bonds. The van der Waals surface area contributed by atoms with E-state index in [4.69, 9.17) is 15.8 Å². The van der Waals surface area contributed by atoms with Gasteiger partial charge in [-0.3, -0.25) is 9.48 Å². The summed E-state index contributed by atoms with van der Waals surface area (Å²) in [5, 5.41) is 20.9. The van der Waals surface area contributed by atoms with Gasteiger partial charge in [0.1, 0.15) is 16.3 Å². The summed E-state index contributed by atoms with van der Waals surface area (Å²) in [6, 6.07) is 17.4. The van der Waals surface area contributed by atoms with Crippen molar-refractivity contribution in [3.8, 4) is 17.0 Å². The molecule has 7 rings (SSSR count). The molecule has 0 radical (unpaired) electrons. The van der Waals surface area contributed by atoms with Crippen LogP contribution in [0, 0.1) is 19.3 Å². The minimum Gasteiger partial charge on any atom is -0.385 e. The fourth-order valence-electron chi connectivity index (χ4n) is 7.58. The molecule has 4 atom stereocenters. The Labute approximate surface area is 255 Å². The molecule has 220 valence electrons. The lowest BCUT2D eigenvalue weighted by molar-refractivity contribution is -0.126. The number of aryl methyl sites for hydroxylation is 1. The molecule has 4 aromatic rings. The van der Waals surface area contributed by atoms with Gasteiger partial charge in [-0.25, -0.2) is 0 Å². The van der Waals surface area contributed by atoms with Gasteiger partial charge in [-0.2, -0.15) is 8.42 Å². The smallest absolute Gasteiger partial charge is 0.339 e. The SMILES string of the molecule is C=C1C(=O)[C@]23C[C@@]1(O)CC[C@H]2c1ccc(OS(=O)(=O)c2ccc(C)cc2)c(C)c1[C@@H]3Cn1cc(-c2ccc(Cl)cc2)nn1. The highest BCUT2D eigenvalue weighted by atomic mass is 35.5. The van der Waals surface area contributed by atoms with Crippen LogP contribution in [0.1, 0.15) is 53.4 Å². The molecule has 2 bridgehead atoms. The number of benzene rings is 3. The zero-order valence-electron chi connectivity index (χ0n) is 23.7. The van der Waals surface area contributed by atoms with Crippen LogP contribution in [-0.4, -0.2) is 39.9 Å². The molecule has 0 saturated heterocycles. The van der Waals surface area contributed by atoms with Crippen LogP contribution in [0.25, 0.3) is 11.3 Å². The van der Waals surface area contributed by atoms with Crippen LogP contribution in [0.4, 0.5) is 0 Å². The summed E-state index contributed by atoms with van der Waals surface area (Å²) in [6.45, 7) is 8.06. The predicted octanol–water partition coefficient (Wildman–Crippen LogP) is 5.90. The van der Waals surface area contributed by atoms with E-state index in [0.717, 1.165) is 22.3 Å². The number of aromatic nitrogens is 3. The van der Waals surface area contributed by atoms with Gasteiger partial charge < -0.3 is 9.29 Å². The highest BCUT2D eigenvalue weighted by Crippen LogP contribution is 2.70. The topological polar surface area (TPSA) is 111 Å². The molecule has 1 aromatic heterocycles. The highest BCUT2D eigenvalue weighted by molar-refractivity contribution is 7.87. The number of fused-ring (bicyclic) bond motifs is 3. The van der Waals surface area contributed by atoms with Crippen molar-refractivity contribution in [3.05, 3.63) is 106 Å². The van der Waals surface area contributed by atoms with E-state index in [1.165, 1.54) is 12.1 Å². The number of carbonyl (C=O) groups is 1. The average molecular weight is 616 g/mol.